The van der Waals surface area contributed by atoms with Gasteiger partial charge in [-0.15, -0.1) is 11.3 Å². The second-order valence-corrected chi connectivity index (χ2v) is 8.06. The van der Waals surface area contributed by atoms with Crippen molar-refractivity contribution in [2.24, 2.45) is 0 Å². The molecule has 4 aromatic rings. The topological polar surface area (TPSA) is 64.0 Å². The van der Waals surface area contributed by atoms with Crippen LogP contribution in [0.1, 0.15) is 17.4 Å². The molecule has 0 radical (unpaired) electrons. The Bertz CT molecular complexity index is 1220. The first kappa shape index (κ1) is 19.1. The monoisotopic (exact) mass is 403 g/mol. The van der Waals surface area contributed by atoms with Gasteiger partial charge in [-0.2, -0.15) is 0 Å². The number of benzene rings is 2. The molecule has 1 N–H and O–H groups in total. The molecule has 0 aliphatic rings. The first-order chi connectivity index (χ1) is 14.1. The highest BCUT2D eigenvalue weighted by atomic mass is 32.1. The summed E-state index contributed by atoms with van der Waals surface area (Å²) >= 11 is 1.50. The number of carbonyl (C=O) groups is 1. The smallest absolute Gasteiger partial charge is 0.263 e. The van der Waals surface area contributed by atoms with Gasteiger partial charge in [0.1, 0.15) is 11.4 Å². The lowest BCUT2D eigenvalue weighted by Crippen LogP contribution is -2.27. The fourth-order valence-electron chi connectivity index (χ4n) is 3.38. The molecule has 29 heavy (non-hydrogen) atoms. The average Bonchev–Trinajstić information content (AvgIpc) is 3.08. The molecular formula is C23H21N3O2S. The van der Waals surface area contributed by atoms with Crippen molar-refractivity contribution in [3.8, 4) is 11.1 Å². The van der Waals surface area contributed by atoms with Gasteiger partial charge in [-0.25, -0.2) is 4.98 Å². The molecule has 5 nitrogen and oxygen atoms in total. The molecule has 0 spiro atoms. The highest BCUT2D eigenvalue weighted by molar-refractivity contribution is 7.19. The van der Waals surface area contributed by atoms with E-state index in [9.17, 15) is 9.59 Å². The lowest BCUT2D eigenvalue weighted by Gasteiger charge is -2.08. The largest absolute Gasteiger partial charge is 0.325 e. The number of aryl methyl sites for hydroxylation is 2. The minimum Gasteiger partial charge on any atom is -0.325 e. The van der Waals surface area contributed by atoms with Gasteiger partial charge in [0.15, 0.2) is 0 Å². The van der Waals surface area contributed by atoms with Crippen molar-refractivity contribution in [2.45, 2.75) is 26.8 Å². The number of nitrogens with one attached hydrogen (secondary N) is 1. The van der Waals surface area contributed by atoms with Gasteiger partial charge in [-0.3, -0.25) is 14.2 Å². The average molecular weight is 404 g/mol. The maximum absolute atomic E-state index is 13.2. The highest BCUT2D eigenvalue weighted by Crippen LogP contribution is 2.35. The summed E-state index contributed by atoms with van der Waals surface area (Å²) in [6.45, 7) is 3.99. The third kappa shape index (κ3) is 3.84. The first-order valence-electron chi connectivity index (χ1n) is 9.49. The molecular weight excluding hydrogens is 382 g/mol. The molecule has 6 heteroatoms. The Hall–Kier alpha value is -3.25. The summed E-state index contributed by atoms with van der Waals surface area (Å²) in [5.41, 5.74) is 3.59. The van der Waals surface area contributed by atoms with E-state index in [2.05, 4.69) is 17.2 Å². The van der Waals surface area contributed by atoms with Gasteiger partial charge in [0.25, 0.3) is 5.56 Å². The molecule has 0 saturated carbocycles. The van der Waals surface area contributed by atoms with Gasteiger partial charge in [0.05, 0.1) is 11.7 Å². The van der Waals surface area contributed by atoms with Crippen LogP contribution < -0.4 is 10.9 Å². The first-order valence-corrected chi connectivity index (χ1v) is 10.3. The Morgan fingerprint density at radius 3 is 2.52 bits per heavy atom. The van der Waals surface area contributed by atoms with E-state index in [0.29, 0.717) is 15.9 Å². The van der Waals surface area contributed by atoms with Crippen molar-refractivity contribution in [1.29, 1.82) is 0 Å². The molecule has 0 bridgehead atoms. The summed E-state index contributed by atoms with van der Waals surface area (Å²) < 4.78 is 1.37. The third-order valence-electron chi connectivity index (χ3n) is 4.88. The molecule has 2 aromatic carbocycles. The third-order valence-corrected chi connectivity index (χ3v) is 5.89. The predicted molar refractivity (Wildman–Crippen MR) is 119 cm³/mol. The van der Waals surface area contributed by atoms with Crippen LogP contribution in [0.15, 0.2) is 65.7 Å². The molecule has 0 atom stereocenters. The molecule has 0 aliphatic carbocycles. The standard InChI is InChI=1S/C23H21N3O2S/c1-3-16-9-11-18(12-10-16)25-19(27)13-26-14-24-22-21(23(26)28)20(15(2)29-22)17-7-5-4-6-8-17/h4-12,14H,3,13H2,1-2H3,(H,25,27). The fourth-order valence-corrected chi connectivity index (χ4v) is 4.38. The molecule has 0 saturated heterocycles. The van der Waals surface area contributed by atoms with Crippen LogP contribution in [0.5, 0.6) is 0 Å². The molecule has 2 heterocycles. The van der Waals surface area contributed by atoms with E-state index in [4.69, 9.17) is 0 Å². The van der Waals surface area contributed by atoms with Crippen molar-refractivity contribution in [2.75, 3.05) is 5.32 Å². The van der Waals surface area contributed by atoms with E-state index >= 15 is 0 Å². The molecule has 0 aliphatic heterocycles. The fraction of sp³-hybridized carbons (Fsp3) is 0.174. The van der Waals surface area contributed by atoms with E-state index < -0.39 is 0 Å². The Morgan fingerprint density at radius 2 is 1.83 bits per heavy atom. The number of aromatic nitrogens is 2. The molecule has 0 unspecified atom stereocenters. The van der Waals surface area contributed by atoms with E-state index in [1.807, 2.05) is 61.5 Å². The summed E-state index contributed by atoms with van der Waals surface area (Å²) in [4.78, 5) is 31.8. The minimum atomic E-state index is -0.259. The molecule has 1 amide bonds. The number of fused-ring (bicyclic) bond motifs is 1. The number of amides is 1. The Balaban J connectivity index is 1.65. The van der Waals surface area contributed by atoms with Gasteiger partial charge >= 0.3 is 0 Å². The van der Waals surface area contributed by atoms with Crippen LogP contribution in [0, 0.1) is 6.92 Å². The van der Waals surface area contributed by atoms with E-state index in [1.54, 1.807) is 0 Å². The summed E-state index contributed by atoms with van der Waals surface area (Å²) in [7, 11) is 0. The SMILES string of the molecule is CCc1ccc(NC(=O)Cn2cnc3sc(C)c(-c4ccccc4)c3c2=O)cc1. The molecule has 4 rings (SSSR count). The second-order valence-electron chi connectivity index (χ2n) is 6.86. The van der Waals surface area contributed by atoms with Gasteiger partial charge in [0, 0.05) is 16.1 Å². The molecule has 146 valence electrons. The Kier molecular flexibility index (Phi) is 5.27. The highest BCUT2D eigenvalue weighted by Gasteiger charge is 2.17. The molecule has 2 aromatic heterocycles. The number of thiophene rings is 1. The van der Waals surface area contributed by atoms with Crippen LogP contribution >= 0.6 is 11.3 Å². The van der Waals surface area contributed by atoms with Crippen LogP contribution in [0.3, 0.4) is 0 Å². The van der Waals surface area contributed by atoms with E-state index in [1.165, 1.54) is 27.8 Å². The molecule has 0 fully saturated rings. The summed E-state index contributed by atoms with van der Waals surface area (Å²) in [5.74, 6) is -0.259. The summed E-state index contributed by atoms with van der Waals surface area (Å²) in [6, 6.07) is 17.5. The van der Waals surface area contributed by atoms with Gasteiger partial charge < -0.3 is 5.32 Å². The number of hydrogen-bond donors (Lipinski definition) is 1. The maximum atomic E-state index is 13.2. The number of anilines is 1. The number of nitrogens with zero attached hydrogens (tertiary/aromatic N) is 2. The van der Waals surface area contributed by atoms with Gasteiger partial charge in [0.2, 0.25) is 5.91 Å². The van der Waals surface area contributed by atoms with Gasteiger partial charge in [-0.05, 0) is 36.6 Å². The van der Waals surface area contributed by atoms with Crippen molar-refractivity contribution in [3.05, 3.63) is 81.7 Å². The second kappa shape index (κ2) is 8.01. The van der Waals surface area contributed by atoms with Crippen LogP contribution in [0.25, 0.3) is 21.3 Å². The summed E-state index contributed by atoms with van der Waals surface area (Å²) in [5, 5.41) is 3.42. The van der Waals surface area contributed by atoms with Crippen molar-refractivity contribution in [3.63, 3.8) is 0 Å². The Labute approximate surface area is 172 Å². The Morgan fingerprint density at radius 1 is 1.10 bits per heavy atom. The zero-order valence-corrected chi connectivity index (χ0v) is 17.1. The number of carbonyl (C=O) groups excluding carboxylic acids is 1. The van der Waals surface area contributed by atoms with E-state index in [-0.39, 0.29) is 18.0 Å². The van der Waals surface area contributed by atoms with Crippen LogP contribution in [-0.2, 0) is 17.8 Å². The lowest BCUT2D eigenvalue weighted by atomic mass is 10.0. The number of rotatable bonds is 5. The normalized spacial score (nSPS) is 11.0. The van der Waals surface area contributed by atoms with Crippen LogP contribution in [-0.4, -0.2) is 15.5 Å². The lowest BCUT2D eigenvalue weighted by molar-refractivity contribution is -0.116. The number of hydrogen-bond acceptors (Lipinski definition) is 4. The quantitative estimate of drug-likeness (QED) is 0.528. The maximum Gasteiger partial charge on any atom is 0.263 e. The zero-order chi connectivity index (χ0) is 20.4. The van der Waals surface area contributed by atoms with Crippen molar-refractivity contribution >= 4 is 33.1 Å². The van der Waals surface area contributed by atoms with Gasteiger partial charge in [-0.1, -0.05) is 49.4 Å². The van der Waals surface area contributed by atoms with Crippen molar-refractivity contribution < 1.29 is 4.79 Å². The predicted octanol–water partition coefficient (Wildman–Crippen LogP) is 4.63. The van der Waals surface area contributed by atoms with Crippen LogP contribution in [0.2, 0.25) is 0 Å². The summed E-state index contributed by atoms with van der Waals surface area (Å²) in [6.07, 6.45) is 2.40. The minimum absolute atomic E-state index is 0.0829. The van der Waals surface area contributed by atoms with Crippen molar-refractivity contribution in [1.82, 2.24) is 9.55 Å². The zero-order valence-electron chi connectivity index (χ0n) is 16.3. The van der Waals surface area contributed by atoms with E-state index in [0.717, 1.165) is 22.4 Å². The van der Waals surface area contributed by atoms with Crippen LogP contribution in [0.4, 0.5) is 5.69 Å².